The predicted molar refractivity (Wildman–Crippen MR) is 120 cm³/mol. The standard InChI is InChI=1S/C23H17BrN2OS/c1-15-7-9-17(10-8-15)21-20(16-5-3-2-4-6-16)25-23(28-21)26-22(27)18-11-13-19(24)14-12-18/h2-14H,1H3,(H,25,26,27). The van der Waals surface area contributed by atoms with Crippen LogP contribution >= 0.6 is 27.3 Å². The fourth-order valence-electron chi connectivity index (χ4n) is 2.84. The Hall–Kier alpha value is -2.76. The zero-order chi connectivity index (χ0) is 19.5. The number of hydrogen-bond acceptors (Lipinski definition) is 3. The molecule has 1 heterocycles. The van der Waals surface area contributed by atoms with Gasteiger partial charge in [0.05, 0.1) is 10.6 Å². The van der Waals surface area contributed by atoms with Gasteiger partial charge in [0.2, 0.25) is 0 Å². The van der Waals surface area contributed by atoms with Crippen LogP contribution in [0, 0.1) is 6.92 Å². The van der Waals surface area contributed by atoms with Gasteiger partial charge in [0.1, 0.15) is 0 Å². The first-order valence-corrected chi connectivity index (χ1v) is 10.4. The van der Waals surface area contributed by atoms with Gasteiger partial charge in [-0.15, -0.1) is 0 Å². The van der Waals surface area contributed by atoms with Crippen LogP contribution in [0.5, 0.6) is 0 Å². The first kappa shape index (κ1) is 18.6. The summed E-state index contributed by atoms with van der Waals surface area (Å²) in [7, 11) is 0. The van der Waals surface area contributed by atoms with E-state index in [1.165, 1.54) is 16.9 Å². The molecule has 0 aliphatic heterocycles. The number of nitrogens with one attached hydrogen (secondary N) is 1. The van der Waals surface area contributed by atoms with Gasteiger partial charge in [0.15, 0.2) is 5.13 Å². The van der Waals surface area contributed by atoms with Gasteiger partial charge >= 0.3 is 0 Å². The third-order valence-electron chi connectivity index (χ3n) is 4.32. The van der Waals surface area contributed by atoms with Crippen LogP contribution in [0.1, 0.15) is 15.9 Å². The van der Waals surface area contributed by atoms with Crippen LogP contribution in [-0.2, 0) is 0 Å². The van der Waals surface area contributed by atoms with Crippen LogP contribution in [0.3, 0.4) is 0 Å². The van der Waals surface area contributed by atoms with Gasteiger partial charge in [0.25, 0.3) is 5.91 Å². The van der Waals surface area contributed by atoms with Gasteiger partial charge in [-0.25, -0.2) is 4.98 Å². The van der Waals surface area contributed by atoms with E-state index < -0.39 is 0 Å². The number of rotatable bonds is 4. The van der Waals surface area contributed by atoms with Crippen LogP contribution in [-0.4, -0.2) is 10.9 Å². The highest BCUT2D eigenvalue weighted by atomic mass is 79.9. The van der Waals surface area contributed by atoms with Gasteiger partial charge in [-0.1, -0.05) is 87.4 Å². The maximum absolute atomic E-state index is 12.6. The average molecular weight is 449 g/mol. The van der Waals surface area contributed by atoms with Gasteiger partial charge < -0.3 is 0 Å². The molecule has 4 aromatic rings. The number of hydrogen-bond donors (Lipinski definition) is 1. The minimum Gasteiger partial charge on any atom is -0.298 e. The van der Waals surface area contributed by atoms with Crippen LogP contribution in [0.4, 0.5) is 5.13 Å². The van der Waals surface area contributed by atoms with Crippen molar-refractivity contribution in [2.24, 2.45) is 0 Å². The molecule has 1 N–H and O–H groups in total. The Kier molecular flexibility index (Phi) is 5.37. The quantitative estimate of drug-likeness (QED) is 0.372. The summed E-state index contributed by atoms with van der Waals surface area (Å²) < 4.78 is 0.936. The van der Waals surface area contributed by atoms with E-state index in [4.69, 9.17) is 4.98 Å². The second-order valence-corrected chi connectivity index (χ2v) is 8.30. The van der Waals surface area contributed by atoms with E-state index in [2.05, 4.69) is 52.4 Å². The maximum atomic E-state index is 12.6. The van der Waals surface area contributed by atoms with E-state index >= 15 is 0 Å². The number of thiazole rings is 1. The molecule has 28 heavy (non-hydrogen) atoms. The van der Waals surface area contributed by atoms with Crippen molar-refractivity contribution < 1.29 is 4.79 Å². The van der Waals surface area contributed by atoms with Crippen molar-refractivity contribution in [3.05, 3.63) is 94.5 Å². The molecule has 1 aromatic heterocycles. The van der Waals surface area contributed by atoms with E-state index in [0.717, 1.165) is 26.2 Å². The zero-order valence-electron chi connectivity index (χ0n) is 15.1. The molecule has 0 bridgehead atoms. The minimum absolute atomic E-state index is 0.170. The highest BCUT2D eigenvalue weighted by Crippen LogP contribution is 2.39. The summed E-state index contributed by atoms with van der Waals surface area (Å²) in [5.74, 6) is -0.170. The lowest BCUT2D eigenvalue weighted by atomic mass is 10.1. The number of aryl methyl sites for hydroxylation is 1. The van der Waals surface area contributed by atoms with Crippen molar-refractivity contribution in [1.29, 1.82) is 0 Å². The maximum Gasteiger partial charge on any atom is 0.257 e. The van der Waals surface area contributed by atoms with E-state index in [1.807, 2.05) is 42.5 Å². The number of halogens is 1. The Morgan fingerprint density at radius 2 is 1.57 bits per heavy atom. The average Bonchev–Trinajstić information content (AvgIpc) is 3.13. The summed E-state index contributed by atoms with van der Waals surface area (Å²) in [6, 6.07) is 25.7. The monoisotopic (exact) mass is 448 g/mol. The van der Waals surface area contributed by atoms with Crippen molar-refractivity contribution in [3.8, 4) is 21.7 Å². The Morgan fingerprint density at radius 1 is 0.893 bits per heavy atom. The van der Waals surface area contributed by atoms with Crippen LogP contribution < -0.4 is 5.32 Å². The molecule has 0 saturated carbocycles. The lowest BCUT2D eigenvalue weighted by molar-refractivity contribution is 0.102. The topological polar surface area (TPSA) is 42.0 Å². The summed E-state index contributed by atoms with van der Waals surface area (Å²) in [6.45, 7) is 2.07. The summed E-state index contributed by atoms with van der Waals surface area (Å²) in [5, 5.41) is 3.53. The van der Waals surface area contributed by atoms with E-state index in [9.17, 15) is 4.79 Å². The normalized spacial score (nSPS) is 10.6. The van der Waals surface area contributed by atoms with E-state index in [1.54, 1.807) is 12.1 Å². The smallest absolute Gasteiger partial charge is 0.257 e. The van der Waals surface area contributed by atoms with Crippen molar-refractivity contribution >= 4 is 38.3 Å². The molecule has 0 aliphatic rings. The fraction of sp³-hybridized carbons (Fsp3) is 0.0435. The van der Waals surface area contributed by atoms with Crippen LogP contribution in [0.2, 0.25) is 0 Å². The van der Waals surface area contributed by atoms with E-state index in [0.29, 0.717) is 10.7 Å². The summed E-state index contributed by atoms with van der Waals surface area (Å²) in [6.07, 6.45) is 0. The van der Waals surface area contributed by atoms with Gasteiger partial charge in [0, 0.05) is 15.6 Å². The minimum atomic E-state index is -0.170. The third-order valence-corrected chi connectivity index (χ3v) is 5.86. The van der Waals surface area contributed by atoms with Crippen LogP contribution in [0.25, 0.3) is 21.7 Å². The zero-order valence-corrected chi connectivity index (χ0v) is 17.5. The van der Waals surface area contributed by atoms with E-state index in [-0.39, 0.29) is 5.91 Å². The first-order chi connectivity index (χ1) is 13.6. The van der Waals surface area contributed by atoms with Gasteiger partial charge in [-0.05, 0) is 36.8 Å². The summed E-state index contributed by atoms with van der Waals surface area (Å²) >= 11 is 4.88. The molecule has 0 aliphatic carbocycles. The molecule has 0 spiro atoms. The Morgan fingerprint density at radius 3 is 2.25 bits per heavy atom. The predicted octanol–water partition coefficient (Wildman–Crippen LogP) is 6.80. The number of amides is 1. The molecule has 0 unspecified atom stereocenters. The number of carbonyl (C=O) groups excluding carboxylic acids is 1. The van der Waals surface area contributed by atoms with Gasteiger partial charge in [-0.3, -0.25) is 10.1 Å². The molecule has 5 heteroatoms. The molecule has 0 radical (unpaired) electrons. The Bertz CT molecular complexity index is 1100. The molecule has 3 aromatic carbocycles. The largest absolute Gasteiger partial charge is 0.298 e. The fourth-order valence-corrected chi connectivity index (χ4v) is 4.09. The lowest BCUT2D eigenvalue weighted by Crippen LogP contribution is -2.11. The second kappa shape index (κ2) is 8.09. The second-order valence-electron chi connectivity index (χ2n) is 6.39. The molecule has 3 nitrogen and oxygen atoms in total. The highest BCUT2D eigenvalue weighted by molar-refractivity contribution is 9.10. The van der Waals surface area contributed by atoms with Crippen LogP contribution in [0.15, 0.2) is 83.3 Å². The van der Waals surface area contributed by atoms with Crippen molar-refractivity contribution in [2.75, 3.05) is 5.32 Å². The molecule has 138 valence electrons. The number of aromatic nitrogens is 1. The number of anilines is 1. The number of benzene rings is 3. The van der Waals surface area contributed by atoms with Gasteiger partial charge in [-0.2, -0.15) is 0 Å². The molecule has 0 atom stereocenters. The summed E-state index contributed by atoms with van der Waals surface area (Å²) in [5.41, 5.74) is 4.79. The Labute approximate surface area is 176 Å². The molecular weight excluding hydrogens is 432 g/mol. The lowest BCUT2D eigenvalue weighted by Gasteiger charge is -2.03. The SMILES string of the molecule is Cc1ccc(-c2sc(NC(=O)c3ccc(Br)cc3)nc2-c2ccccc2)cc1. The third kappa shape index (κ3) is 4.06. The number of nitrogens with zero attached hydrogens (tertiary/aromatic N) is 1. The van der Waals surface area contributed by atoms with Crippen molar-refractivity contribution in [3.63, 3.8) is 0 Å². The molecule has 1 amide bonds. The number of carbonyl (C=O) groups is 1. The molecular formula is C23H17BrN2OS. The highest BCUT2D eigenvalue weighted by Gasteiger charge is 2.17. The summed E-state index contributed by atoms with van der Waals surface area (Å²) in [4.78, 5) is 18.4. The molecule has 0 fully saturated rings. The molecule has 0 saturated heterocycles. The van der Waals surface area contributed by atoms with Crippen molar-refractivity contribution in [1.82, 2.24) is 4.98 Å². The first-order valence-electron chi connectivity index (χ1n) is 8.80. The Balaban J connectivity index is 1.71. The molecule has 4 rings (SSSR count). The van der Waals surface area contributed by atoms with Crippen molar-refractivity contribution in [2.45, 2.75) is 6.92 Å².